The number of rotatable bonds is 5. The van der Waals surface area contributed by atoms with Gasteiger partial charge in [-0.1, -0.05) is 25.7 Å². The predicted molar refractivity (Wildman–Crippen MR) is 109 cm³/mol. The molecule has 0 bridgehead atoms. The highest BCUT2D eigenvalue weighted by Gasteiger charge is 2.24. The number of fused-ring (bicyclic) bond motifs is 1. The Labute approximate surface area is 168 Å². The minimum absolute atomic E-state index is 0.0768. The van der Waals surface area contributed by atoms with Gasteiger partial charge in [0.15, 0.2) is 0 Å². The number of aryl methyl sites for hydroxylation is 1. The van der Waals surface area contributed by atoms with Crippen molar-refractivity contribution in [2.45, 2.75) is 70.8 Å². The zero-order valence-electron chi connectivity index (χ0n) is 17.2. The molecule has 0 radical (unpaired) electrons. The molecule has 1 aliphatic carbocycles. The average Bonchev–Trinajstić information content (AvgIpc) is 2.95. The van der Waals surface area contributed by atoms with Crippen LogP contribution < -0.4 is 5.32 Å². The van der Waals surface area contributed by atoms with Crippen molar-refractivity contribution in [2.24, 2.45) is 5.92 Å². The van der Waals surface area contributed by atoms with Crippen molar-refractivity contribution in [1.82, 2.24) is 29.9 Å². The standard InChI is InChI=1S/C21H36N6O/c28-21(22-11-10-20-24-23-19-9-5-2-6-12-27(19)20)26-15-13-25(14-16-26)17-18-7-3-1-4-8-18/h18H,1-17H2,(H,22,28). The summed E-state index contributed by atoms with van der Waals surface area (Å²) in [6.45, 7) is 6.61. The molecule has 3 heterocycles. The number of carbonyl (C=O) groups is 1. The molecule has 2 fully saturated rings. The Kier molecular flexibility index (Phi) is 6.83. The minimum atomic E-state index is 0.0768. The van der Waals surface area contributed by atoms with Crippen molar-refractivity contribution in [3.05, 3.63) is 11.6 Å². The van der Waals surface area contributed by atoms with E-state index in [2.05, 4.69) is 25.0 Å². The first-order valence-electron chi connectivity index (χ1n) is 11.5. The highest BCUT2D eigenvalue weighted by Crippen LogP contribution is 2.24. The first-order chi connectivity index (χ1) is 13.8. The van der Waals surface area contributed by atoms with Gasteiger partial charge in [0.05, 0.1) is 0 Å². The molecule has 1 aromatic heterocycles. The number of hydrogen-bond donors (Lipinski definition) is 1. The maximum Gasteiger partial charge on any atom is 0.317 e. The van der Waals surface area contributed by atoms with Gasteiger partial charge in [0, 0.05) is 58.7 Å². The van der Waals surface area contributed by atoms with E-state index in [4.69, 9.17) is 0 Å². The quantitative estimate of drug-likeness (QED) is 0.841. The van der Waals surface area contributed by atoms with E-state index in [1.54, 1.807) is 0 Å². The van der Waals surface area contributed by atoms with Crippen LogP contribution in [0.15, 0.2) is 0 Å². The third-order valence-corrected chi connectivity index (χ3v) is 6.71. The molecule has 1 N–H and O–H groups in total. The minimum Gasteiger partial charge on any atom is -0.338 e. The summed E-state index contributed by atoms with van der Waals surface area (Å²) in [6.07, 6.45) is 12.5. The van der Waals surface area contributed by atoms with Gasteiger partial charge in [-0.3, -0.25) is 4.90 Å². The fourth-order valence-electron chi connectivity index (χ4n) is 4.99. The Morgan fingerprint density at radius 3 is 2.54 bits per heavy atom. The Hall–Kier alpha value is -1.63. The van der Waals surface area contributed by atoms with E-state index in [-0.39, 0.29) is 6.03 Å². The highest BCUT2D eigenvalue weighted by atomic mass is 16.2. The largest absolute Gasteiger partial charge is 0.338 e. The zero-order valence-corrected chi connectivity index (χ0v) is 17.2. The second kappa shape index (κ2) is 9.72. The summed E-state index contributed by atoms with van der Waals surface area (Å²) in [7, 11) is 0. The van der Waals surface area contributed by atoms with Gasteiger partial charge < -0.3 is 14.8 Å². The lowest BCUT2D eigenvalue weighted by molar-refractivity contribution is 0.120. The lowest BCUT2D eigenvalue weighted by atomic mass is 9.89. The molecule has 7 nitrogen and oxygen atoms in total. The van der Waals surface area contributed by atoms with Crippen molar-refractivity contribution in [3.8, 4) is 0 Å². The van der Waals surface area contributed by atoms with Gasteiger partial charge in [-0.15, -0.1) is 10.2 Å². The van der Waals surface area contributed by atoms with E-state index in [1.807, 2.05) is 4.90 Å². The Bertz CT molecular complexity index is 631. The van der Waals surface area contributed by atoms with Crippen molar-refractivity contribution >= 4 is 6.03 Å². The van der Waals surface area contributed by atoms with Gasteiger partial charge in [0.1, 0.15) is 11.6 Å². The lowest BCUT2D eigenvalue weighted by Gasteiger charge is -2.37. The molecule has 3 aliphatic rings. The molecular weight excluding hydrogens is 352 g/mol. The summed E-state index contributed by atoms with van der Waals surface area (Å²) < 4.78 is 2.27. The number of aromatic nitrogens is 3. The number of piperazine rings is 1. The Morgan fingerprint density at radius 2 is 1.71 bits per heavy atom. The van der Waals surface area contributed by atoms with Crippen molar-refractivity contribution in [1.29, 1.82) is 0 Å². The topological polar surface area (TPSA) is 66.3 Å². The van der Waals surface area contributed by atoms with Crippen molar-refractivity contribution < 1.29 is 4.79 Å². The van der Waals surface area contributed by atoms with Crippen LogP contribution in [-0.2, 0) is 19.4 Å². The van der Waals surface area contributed by atoms with Gasteiger partial charge in [-0.2, -0.15) is 0 Å². The molecule has 0 unspecified atom stereocenters. The molecule has 1 saturated heterocycles. The number of nitrogens with one attached hydrogen (secondary N) is 1. The molecule has 2 amide bonds. The molecule has 28 heavy (non-hydrogen) atoms. The summed E-state index contributed by atoms with van der Waals surface area (Å²) >= 11 is 0. The summed E-state index contributed by atoms with van der Waals surface area (Å²) in [5.41, 5.74) is 0. The molecule has 156 valence electrons. The molecule has 4 rings (SSSR count). The molecular formula is C21H36N6O. The summed E-state index contributed by atoms with van der Waals surface area (Å²) in [5, 5.41) is 11.8. The molecule has 0 spiro atoms. The third kappa shape index (κ3) is 5.04. The molecule has 1 aromatic rings. The van der Waals surface area contributed by atoms with Crippen molar-refractivity contribution in [2.75, 3.05) is 39.3 Å². The van der Waals surface area contributed by atoms with Crippen LogP contribution in [0.5, 0.6) is 0 Å². The SMILES string of the molecule is O=C(NCCc1nnc2n1CCCCC2)N1CCN(CC2CCCCC2)CC1. The van der Waals surface area contributed by atoms with E-state index in [0.717, 1.165) is 63.1 Å². The molecule has 1 saturated carbocycles. The van der Waals surface area contributed by atoms with Crippen LogP contribution in [0.1, 0.15) is 63.0 Å². The summed E-state index contributed by atoms with van der Waals surface area (Å²) in [4.78, 5) is 17.1. The maximum atomic E-state index is 12.5. The monoisotopic (exact) mass is 388 g/mol. The van der Waals surface area contributed by atoms with Crippen LogP contribution in [-0.4, -0.2) is 69.9 Å². The molecule has 0 aromatic carbocycles. The molecule has 0 atom stereocenters. The van der Waals surface area contributed by atoms with E-state index < -0.39 is 0 Å². The molecule has 2 aliphatic heterocycles. The smallest absolute Gasteiger partial charge is 0.317 e. The highest BCUT2D eigenvalue weighted by molar-refractivity contribution is 5.74. The lowest BCUT2D eigenvalue weighted by Crippen LogP contribution is -2.52. The first-order valence-corrected chi connectivity index (χ1v) is 11.5. The third-order valence-electron chi connectivity index (χ3n) is 6.71. The normalized spacial score (nSPS) is 21.9. The number of hydrogen-bond acceptors (Lipinski definition) is 4. The van der Waals surface area contributed by atoms with E-state index in [9.17, 15) is 4.79 Å². The van der Waals surface area contributed by atoms with Crippen LogP contribution >= 0.6 is 0 Å². The first kappa shape index (κ1) is 19.7. The zero-order chi connectivity index (χ0) is 19.2. The summed E-state index contributed by atoms with van der Waals surface area (Å²) in [6, 6.07) is 0.0768. The fourth-order valence-corrected chi connectivity index (χ4v) is 4.99. The Balaban J connectivity index is 1.16. The predicted octanol–water partition coefficient (Wildman–Crippen LogP) is 2.45. The van der Waals surface area contributed by atoms with Gasteiger partial charge in [-0.05, 0) is 31.6 Å². The number of amides is 2. The van der Waals surface area contributed by atoms with Gasteiger partial charge >= 0.3 is 6.03 Å². The second-order valence-corrected chi connectivity index (χ2v) is 8.77. The van der Waals surface area contributed by atoms with Crippen LogP contribution in [0.4, 0.5) is 4.79 Å². The van der Waals surface area contributed by atoms with Crippen molar-refractivity contribution in [3.63, 3.8) is 0 Å². The van der Waals surface area contributed by atoms with Crippen LogP contribution in [0.2, 0.25) is 0 Å². The van der Waals surface area contributed by atoms with E-state index in [0.29, 0.717) is 6.54 Å². The fraction of sp³-hybridized carbons (Fsp3) is 0.857. The van der Waals surface area contributed by atoms with Gasteiger partial charge in [-0.25, -0.2) is 4.79 Å². The van der Waals surface area contributed by atoms with E-state index >= 15 is 0 Å². The Morgan fingerprint density at radius 1 is 0.929 bits per heavy atom. The van der Waals surface area contributed by atoms with Crippen LogP contribution in [0.25, 0.3) is 0 Å². The van der Waals surface area contributed by atoms with Gasteiger partial charge in [0.25, 0.3) is 0 Å². The maximum absolute atomic E-state index is 12.5. The van der Waals surface area contributed by atoms with Crippen LogP contribution in [0, 0.1) is 5.92 Å². The average molecular weight is 389 g/mol. The van der Waals surface area contributed by atoms with Crippen LogP contribution in [0.3, 0.4) is 0 Å². The number of nitrogens with zero attached hydrogens (tertiary/aromatic N) is 5. The second-order valence-electron chi connectivity index (χ2n) is 8.77. The molecule has 7 heteroatoms. The number of urea groups is 1. The number of carbonyl (C=O) groups excluding carboxylic acids is 1. The van der Waals surface area contributed by atoms with Gasteiger partial charge in [0.2, 0.25) is 0 Å². The van der Waals surface area contributed by atoms with E-state index in [1.165, 1.54) is 57.9 Å². The summed E-state index contributed by atoms with van der Waals surface area (Å²) in [5.74, 6) is 3.02.